The first-order valence-corrected chi connectivity index (χ1v) is 11.6. The van der Waals surface area contributed by atoms with E-state index < -0.39 is 137 Å². The Morgan fingerprint density at radius 2 is 0.614 bits per heavy atom. The first-order valence-electron chi connectivity index (χ1n) is 11.6. The van der Waals surface area contributed by atoms with Crippen molar-refractivity contribution in [2.45, 2.75) is 13.8 Å². The SMILES string of the molecule is Cc1[c]c2c(-c3c(F)c(F)c(F)c(F)c3F)c(C)c(-c3c(F)c(F)c(F)c(F)c3F)c(-c3c(F)c(F)c(F)c(F)c3F)c2[nH]1. The number of aromatic nitrogens is 1. The van der Waals surface area contributed by atoms with E-state index >= 15 is 26.3 Å². The summed E-state index contributed by atoms with van der Waals surface area (Å²) in [5.74, 6) is -40.0. The van der Waals surface area contributed by atoms with Gasteiger partial charge in [0.1, 0.15) is 0 Å². The minimum Gasteiger partial charge on any atom is -0.358 e. The summed E-state index contributed by atoms with van der Waals surface area (Å²) in [6.45, 7) is 1.59. The highest BCUT2D eigenvalue weighted by Crippen LogP contribution is 2.51. The Kier molecular flexibility index (Phi) is 7.17. The third-order valence-electron chi connectivity index (χ3n) is 6.75. The van der Waals surface area contributed by atoms with Crippen molar-refractivity contribution in [2.75, 3.05) is 0 Å². The van der Waals surface area contributed by atoms with Gasteiger partial charge < -0.3 is 4.98 Å². The van der Waals surface area contributed by atoms with Crippen molar-refractivity contribution in [3.63, 3.8) is 0 Å². The van der Waals surface area contributed by atoms with Crippen LogP contribution in [-0.2, 0) is 0 Å². The molecule has 1 radical (unpaired) electrons. The van der Waals surface area contributed by atoms with Crippen LogP contribution in [0.4, 0.5) is 65.9 Å². The van der Waals surface area contributed by atoms with Crippen LogP contribution in [-0.4, -0.2) is 4.98 Å². The molecule has 5 rings (SSSR count). The molecule has 0 fully saturated rings. The number of nitrogens with one attached hydrogen (secondary N) is 1. The largest absolute Gasteiger partial charge is 0.358 e. The molecule has 4 aromatic carbocycles. The van der Waals surface area contributed by atoms with Gasteiger partial charge in [-0.1, -0.05) is 0 Å². The van der Waals surface area contributed by atoms with E-state index in [-0.39, 0.29) is 5.69 Å². The lowest BCUT2D eigenvalue weighted by molar-refractivity contribution is 0.380. The zero-order valence-corrected chi connectivity index (χ0v) is 21.2. The highest BCUT2D eigenvalue weighted by Gasteiger charge is 2.37. The summed E-state index contributed by atoms with van der Waals surface area (Å²) in [5, 5.41) is -0.908. The monoisotopic (exact) mass is 642 g/mol. The number of rotatable bonds is 3. The van der Waals surface area contributed by atoms with Crippen molar-refractivity contribution >= 4 is 10.9 Å². The quantitative estimate of drug-likeness (QED) is 0.115. The summed E-state index contributed by atoms with van der Waals surface area (Å²) >= 11 is 0. The van der Waals surface area contributed by atoms with Crippen LogP contribution < -0.4 is 0 Å². The molecular weight excluding hydrogens is 635 g/mol. The molecule has 0 bridgehead atoms. The lowest BCUT2D eigenvalue weighted by atomic mass is 9.82. The zero-order valence-electron chi connectivity index (χ0n) is 21.2. The number of benzene rings is 4. The molecule has 0 amide bonds. The van der Waals surface area contributed by atoms with Crippen LogP contribution in [0.2, 0.25) is 0 Å². The molecule has 0 aliphatic heterocycles. The molecule has 0 atom stereocenters. The minimum atomic E-state index is -2.77. The van der Waals surface area contributed by atoms with E-state index in [9.17, 15) is 39.5 Å². The van der Waals surface area contributed by atoms with Crippen LogP contribution in [0, 0.1) is 107 Å². The molecule has 44 heavy (non-hydrogen) atoms. The number of aryl methyl sites for hydroxylation is 1. The van der Waals surface area contributed by atoms with E-state index in [1.54, 1.807) is 0 Å². The van der Waals surface area contributed by atoms with Gasteiger partial charge in [0.15, 0.2) is 69.8 Å². The second-order valence-corrected chi connectivity index (χ2v) is 9.21. The molecule has 0 unspecified atom stereocenters. The van der Waals surface area contributed by atoms with Gasteiger partial charge in [-0.05, 0) is 19.4 Å². The predicted molar refractivity (Wildman–Crippen MR) is 122 cm³/mol. The van der Waals surface area contributed by atoms with Gasteiger partial charge in [-0.2, -0.15) is 0 Å². The summed E-state index contributed by atoms with van der Waals surface area (Å²) in [6.07, 6.45) is 0. The number of H-pyrrole nitrogens is 1. The summed E-state index contributed by atoms with van der Waals surface area (Å²) in [5.41, 5.74) is -13.0. The van der Waals surface area contributed by atoms with Crippen molar-refractivity contribution < 1.29 is 65.9 Å². The Bertz CT molecular complexity index is 2010. The average Bonchev–Trinajstić information content (AvgIpc) is 3.38. The molecule has 16 heteroatoms. The molecule has 1 aromatic heterocycles. The molecule has 1 nitrogen and oxygen atoms in total. The molecule has 1 N–H and O–H groups in total. The molecule has 0 aliphatic carbocycles. The Morgan fingerprint density at radius 1 is 0.341 bits per heavy atom. The third-order valence-corrected chi connectivity index (χ3v) is 6.75. The van der Waals surface area contributed by atoms with E-state index in [1.165, 1.54) is 0 Å². The van der Waals surface area contributed by atoms with Gasteiger partial charge in [-0.15, -0.1) is 0 Å². The first kappa shape index (κ1) is 30.8. The molecule has 0 spiro atoms. The van der Waals surface area contributed by atoms with Crippen LogP contribution in [0.15, 0.2) is 0 Å². The number of hydrogen-bond donors (Lipinski definition) is 1. The van der Waals surface area contributed by atoms with E-state index in [1.807, 2.05) is 0 Å². The second-order valence-electron chi connectivity index (χ2n) is 9.21. The summed E-state index contributed by atoms with van der Waals surface area (Å²) < 4.78 is 218. The van der Waals surface area contributed by atoms with Gasteiger partial charge in [0, 0.05) is 33.8 Å². The highest BCUT2D eigenvalue weighted by atomic mass is 19.2. The summed E-state index contributed by atoms with van der Waals surface area (Å²) in [7, 11) is 0. The van der Waals surface area contributed by atoms with Gasteiger partial charge in [0.2, 0.25) is 17.5 Å². The normalized spacial score (nSPS) is 11.8. The topological polar surface area (TPSA) is 15.8 Å². The molecule has 0 aliphatic rings. The smallest absolute Gasteiger partial charge is 0.200 e. The summed E-state index contributed by atoms with van der Waals surface area (Å²) in [6, 6.07) is 2.27. The molecule has 229 valence electrons. The van der Waals surface area contributed by atoms with Crippen molar-refractivity contribution in [1.82, 2.24) is 4.98 Å². The fourth-order valence-electron chi connectivity index (χ4n) is 4.88. The first-order chi connectivity index (χ1) is 20.4. The van der Waals surface area contributed by atoms with Crippen molar-refractivity contribution in [3.8, 4) is 33.4 Å². The van der Waals surface area contributed by atoms with Gasteiger partial charge in [0.05, 0.1) is 22.2 Å². The van der Waals surface area contributed by atoms with Crippen molar-refractivity contribution in [2.24, 2.45) is 0 Å². The van der Waals surface area contributed by atoms with E-state index in [2.05, 4.69) is 11.1 Å². The molecule has 0 saturated carbocycles. The molecule has 5 aromatic rings. The van der Waals surface area contributed by atoms with Gasteiger partial charge in [-0.3, -0.25) is 0 Å². The minimum absolute atomic E-state index is 0.329. The lowest BCUT2D eigenvalue weighted by Crippen LogP contribution is -2.10. The maximum absolute atomic E-state index is 15.2. The average molecular weight is 642 g/mol. The van der Waals surface area contributed by atoms with Gasteiger partial charge >= 0.3 is 0 Å². The number of fused-ring (bicyclic) bond motifs is 1. The molecular formula is C28H7F15N. The molecule has 0 saturated heterocycles. The van der Waals surface area contributed by atoms with Gasteiger partial charge in [-0.25, -0.2) is 65.9 Å². The van der Waals surface area contributed by atoms with E-state index in [4.69, 9.17) is 0 Å². The summed E-state index contributed by atoms with van der Waals surface area (Å²) in [4.78, 5) is 2.20. The fraction of sp³-hybridized carbons (Fsp3) is 0.0714. The zero-order chi connectivity index (χ0) is 32.8. The third kappa shape index (κ3) is 3.99. The standard InChI is InChI=1S/C28H7F15N/c1-4-3-6-7(10-13(29)19(35)25(41)20(36)14(10)30)5(2)8(11-15(31)21(37)26(42)22(38)16(11)32)9(28(6)44-4)12-17(33)23(39)27(43)24(40)18(12)34/h44H,1-2H3. The Balaban J connectivity index is 2.19. The van der Waals surface area contributed by atoms with Crippen LogP contribution in [0.3, 0.4) is 0 Å². The van der Waals surface area contributed by atoms with E-state index in [0.717, 1.165) is 6.92 Å². The predicted octanol–water partition coefficient (Wildman–Crippen LogP) is 9.67. The Hall–Kier alpha value is -4.63. The molecule has 1 heterocycles. The lowest BCUT2D eigenvalue weighted by Gasteiger charge is -2.22. The van der Waals surface area contributed by atoms with Crippen LogP contribution >= 0.6 is 0 Å². The maximum atomic E-state index is 15.2. The van der Waals surface area contributed by atoms with Crippen molar-refractivity contribution in [3.05, 3.63) is 105 Å². The Morgan fingerprint density at radius 3 is 0.955 bits per heavy atom. The van der Waals surface area contributed by atoms with Crippen LogP contribution in [0.5, 0.6) is 0 Å². The number of hydrogen-bond acceptors (Lipinski definition) is 0. The number of halogens is 15. The Labute approximate surface area is 234 Å². The van der Waals surface area contributed by atoms with Crippen LogP contribution in [0.1, 0.15) is 11.3 Å². The second kappa shape index (κ2) is 10.2. The maximum Gasteiger partial charge on any atom is 0.200 e. The van der Waals surface area contributed by atoms with Crippen molar-refractivity contribution in [1.29, 1.82) is 0 Å². The van der Waals surface area contributed by atoms with Gasteiger partial charge in [0.25, 0.3) is 0 Å². The number of aromatic amines is 1. The highest BCUT2D eigenvalue weighted by molar-refractivity contribution is 6.11. The fourth-order valence-corrected chi connectivity index (χ4v) is 4.88. The van der Waals surface area contributed by atoms with E-state index in [0.29, 0.717) is 6.92 Å². The van der Waals surface area contributed by atoms with Crippen LogP contribution in [0.25, 0.3) is 44.3 Å².